The molecule has 0 aromatic rings. The maximum absolute atomic E-state index is 12.9. The van der Waals surface area contributed by atoms with Gasteiger partial charge in [-0.1, -0.05) is 189 Å². The molecule has 6 N–H and O–H groups in total. The van der Waals surface area contributed by atoms with Crippen LogP contribution in [0.5, 0.6) is 0 Å². The smallest absolute Gasteiger partial charge is 0.220 e. The van der Waals surface area contributed by atoms with E-state index < -0.39 is 49.5 Å². The third-order valence-electron chi connectivity index (χ3n) is 11.0. The predicted octanol–water partition coefficient (Wildman–Crippen LogP) is 10.7. The molecule has 0 aromatic carbocycles. The van der Waals surface area contributed by atoms with Crippen molar-refractivity contribution in [1.82, 2.24) is 5.32 Å². The van der Waals surface area contributed by atoms with Gasteiger partial charge >= 0.3 is 0 Å². The Morgan fingerprint density at radius 2 is 1.02 bits per heavy atom. The van der Waals surface area contributed by atoms with Crippen molar-refractivity contribution in [1.29, 1.82) is 0 Å². The second-order valence-electron chi connectivity index (χ2n) is 16.5. The summed E-state index contributed by atoms with van der Waals surface area (Å²) < 4.78 is 11.2. The van der Waals surface area contributed by atoms with Crippen LogP contribution >= 0.6 is 0 Å². The molecule has 350 valence electrons. The molecule has 1 fully saturated rings. The summed E-state index contributed by atoms with van der Waals surface area (Å²) in [6.45, 7) is 3.64. The van der Waals surface area contributed by atoms with Crippen LogP contribution in [0.15, 0.2) is 85.1 Å². The Kier molecular flexibility index (Phi) is 38.3. The lowest BCUT2D eigenvalue weighted by atomic mass is 9.99. The lowest BCUT2D eigenvalue weighted by molar-refractivity contribution is -0.302. The molecule has 1 heterocycles. The van der Waals surface area contributed by atoms with E-state index in [1.807, 2.05) is 0 Å². The van der Waals surface area contributed by atoms with E-state index in [2.05, 4.69) is 104 Å². The van der Waals surface area contributed by atoms with Crippen molar-refractivity contribution in [2.24, 2.45) is 0 Å². The highest BCUT2D eigenvalue weighted by Gasteiger charge is 2.44. The van der Waals surface area contributed by atoms with Gasteiger partial charge in [-0.15, -0.1) is 0 Å². The quantitative estimate of drug-likeness (QED) is 0.0264. The van der Waals surface area contributed by atoms with Gasteiger partial charge in [-0.3, -0.25) is 4.79 Å². The number of amides is 1. The number of hydrogen-bond donors (Lipinski definition) is 6. The third kappa shape index (κ3) is 31.8. The molecule has 0 bridgehead atoms. The molecule has 1 saturated heterocycles. The molecule has 0 aliphatic carbocycles. The molecule has 9 heteroatoms. The molecule has 1 rings (SSSR count). The first kappa shape index (κ1) is 56.4. The van der Waals surface area contributed by atoms with Crippen LogP contribution in [0.1, 0.15) is 181 Å². The van der Waals surface area contributed by atoms with E-state index in [1.54, 1.807) is 0 Å². The van der Waals surface area contributed by atoms with Gasteiger partial charge in [-0.25, -0.2) is 0 Å². The minimum atomic E-state index is -1.56. The summed E-state index contributed by atoms with van der Waals surface area (Å²) in [4.78, 5) is 12.9. The summed E-state index contributed by atoms with van der Waals surface area (Å²) in [5, 5.41) is 54.1. The Bertz CT molecular complexity index is 1220. The molecule has 1 aliphatic rings. The molecule has 9 nitrogen and oxygen atoms in total. The van der Waals surface area contributed by atoms with Crippen molar-refractivity contribution in [3.05, 3.63) is 85.1 Å². The van der Waals surface area contributed by atoms with E-state index in [9.17, 15) is 30.3 Å². The minimum Gasteiger partial charge on any atom is -0.394 e. The molecule has 61 heavy (non-hydrogen) atoms. The van der Waals surface area contributed by atoms with Gasteiger partial charge < -0.3 is 40.3 Å². The highest BCUT2D eigenvalue weighted by atomic mass is 16.7. The summed E-state index contributed by atoms with van der Waals surface area (Å²) in [6, 6.07) is -0.724. The Hall–Kier alpha value is -2.63. The lowest BCUT2D eigenvalue weighted by Gasteiger charge is -2.40. The van der Waals surface area contributed by atoms with E-state index >= 15 is 0 Å². The molecule has 1 amide bonds. The summed E-state index contributed by atoms with van der Waals surface area (Å²) in [7, 11) is 0. The minimum absolute atomic E-state index is 0.146. The van der Waals surface area contributed by atoms with E-state index in [0.29, 0.717) is 12.8 Å². The number of unbranched alkanes of at least 4 members (excludes halogenated alkanes) is 15. The van der Waals surface area contributed by atoms with Crippen LogP contribution in [0, 0.1) is 0 Å². The maximum atomic E-state index is 12.9. The van der Waals surface area contributed by atoms with Crippen molar-refractivity contribution in [2.45, 2.75) is 224 Å². The zero-order chi connectivity index (χ0) is 44.4. The van der Waals surface area contributed by atoms with Crippen LogP contribution in [0.4, 0.5) is 0 Å². The van der Waals surface area contributed by atoms with Crippen LogP contribution in [-0.2, 0) is 14.3 Å². The molecule has 0 spiro atoms. The number of carbonyl (C=O) groups is 1. The fourth-order valence-electron chi connectivity index (χ4n) is 7.14. The third-order valence-corrected chi connectivity index (χ3v) is 11.0. The number of nitrogens with one attached hydrogen (secondary N) is 1. The van der Waals surface area contributed by atoms with E-state index in [0.717, 1.165) is 89.9 Å². The molecule has 1 aliphatic heterocycles. The SMILES string of the molecule is CC/C=C\C/C=C\C/C=C\C/C=C\C/C=C\C/C=C\C/C=C\CCCCCCCCCCCC(=O)NC(COC1OC(CO)C(O)C(O)C1O)C(O)CCCCCCCCC. The molecule has 0 aromatic heterocycles. The average molecular weight is 856 g/mol. The van der Waals surface area contributed by atoms with Gasteiger partial charge in [-0.2, -0.15) is 0 Å². The predicted molar refractivity (Wildman–Crippen MR) is 253 cm³/mol. The largest absolute Gasteiger partial charge is 0.394 e. The zero-order valence-corrected chi connectivity index (χ0v) is 38.4. The van der Waals surface area contributed by atoms with E-state index in [-0.39, 0.29) is 12.5 Å². The summed E-state index contributed by atoms with van der Waals surface area (Å²) in [6.07, 6.45) is 50.5. The van der Waals surface area contributed by atoms with Crippen molar-refractivity contribution >= 4 is 5.91 Å². The Morgan fingerprint density at radius 3 is 1.51 bits per heavy atom. The second-order valence-corrected chi connectivity index (χ2v) is 16.5. The van der Waals surface area contributed by atoms with Gasteiger partial charge in [0.15, 0.2) is 6.29 Å². The summed E-state index contributed by atoms with van der Waals surface area (Å²) in [5.74, 6) is -0.160. The van der Waals surface area contributed by atoms with Crippen molar-refractivity contribution in [3.63, 3.8) is 0 Å². The standard InChI is InChI=1S/C52H89NO8/c1-3-5-7-9-11-12-13-14-15-16-17-18-19-20-21-22-23-24-25-26-27-28-29-30-31-32-33-34-36-38-40-42-48(56)53-45(46(55)41-39-37-35-10-8-6-4-2)44-60-52-51(59)50(58)49(57)47(43-54)61-52/h5,7,11-12,14-15,17-18,20-21,23-24,26-27,45-47,49-52,54-55,57-59H,3-4,6,8-10,13,16,19,22,25,28-44H2,1-2H3,(H,53,56)/b7-5-,12-11-,15-14-,18-17-,21-20-,24-23-,27-26-. The summed E-state index contributed by atoms with van der Waals surface area (Å²) >= 11 is 0. The fraction of sp³-hybridized carbons (Fsp3) is 0.712. The van der Waals surface area contributed by atoms with Gasteiger partial charge in [0.25, 0.3) is 0 Å². The molecule has 0 saturated carbocycles. The number of ether oxygens (including phenoxy) is 2. The van der Waals surface area contributed by atoms with Gasteiger partial charge in [0.2, 0.25) is 5.91 Å². The normalized spacial score (nSPS) is 21.2. The lowest BCUT2D eigenvalue weighted by Crippen LogP contribution is -2.60. The van der Waals surface area contributed by atoms with Crippen LogP contribution in [0.3, 0.4) is 0 Å². The van der Waals surface area contributed by atoms with Crippen molar-refractivity contribution < 1.29 is 39.8 Å². The van der Waals surface area contributed by atoms with Gasteiger partial charge in [0.1, 0.15) is 24.4 Å². The first-order valence-electron chi connectivity index (χ1n) is 24.3. The molecule has 7 unspecified atom stereocenters. The number of rotatable bonds is 39. The molecular formula is C52H89NO8. The Labute approximate surface area is 371 Å². The average Bonchev–Trinajstić information content (AvgIpc) is 3.26. The van der Waals surface area contributed by atoms with Crippen LogP contribution < -0.4 is 5.32 Å². The maximum Gasteiger partial charge on any atom is 0.220 e. The monoisotopic (exact) mass is 856 g/mol. The number of allylic oxidation sites excluding steroid dienone is 14. The van der Waals surface area contributed by atoms with E-state index in [1.165, 1.54) is 64.2 Å². The number of aliphatic hydroxyl groups is 5. The Morgan fingerprint density at radius 1 is 0.574 bits per heavy atom. The highest BCUT2D eigenvalue weighted by Crippen LogP contribution is 2.23. The zero-order valence-electron chi connectivity index (χ0n) is 38.4. The van der Waals surface area contributed by atoms with Crippen molar-refractivity contribution in [3.8, 4) is 0 Å². The second kappa shape index (κ2) is 41.4. The van der Waals surface area contributed by atoms with Gasteiger partial charge in [-0.05, 0) is 70.6 Å². The summed E-state index contributed by atoms with van der Waals surface area (Å²) in [5.41, 5.74) is 0. The topological polar surface area (TPSA) is 149 Å². The van der Waals surface area contributed by atoms with Gasteiger partial charge in [0, 0.05) is 6.42 Å². The number of aliphatic hydroxyl groups excluding tert-OH is 5. The van der Waals surface area contributed by atoms with Crippen LogP contribution in [-0.4, -0.2) is 87.5 Å². The first-order valence-corrected chi connectivity index (χ1v) is 24.3. The Balaban J connectivity index is 2.15. The molecule has 7 atom stereocenters. The van der Waals surface area contributed by atoms with Crippen LogP contribution in [0.25, 0.3) is 0 Å². The fourth-order valence-corrected chi connectivity index (χ4v) is 7.14. The number of hydrogen-bond acceptors (Lipinski definition) is 8. The highest BCUT2D eigenvalue weighted by molar-refractivity contribution is 5.76. The first-order chi connectivity index (χ1) is 29.8. The van der Waals surface area contributed by atoms with Gasteiger partial charge in [0.05, 0.1) is 25.4 Å². The molecular weight excluding hydrogens is 767 g/mol. The number of carbonyl (C=O) groups excluding carboxylic acids is 1. The van der Waals surface area contributed by atoms with Crippen LogP contribution in [0.2, 0.25) is 0 Å². The van der Waals surface area contributed by atoms with E-state index in [4.69, 9.17) is 9.47 Å². The van der Waals surface area contributed by atoms with Crippen molar-refractivity contribution in [2.75, 3.05) is 13.2 Å². The molecule has 0 radical (unpaired) electrons.